The zero-order valence-electron chi connectivity index (χ0n) is 18.7. The van der Waals surface area contributed by atoms with Gasteiger partial charge in [-0.05, 0) is 43.2 Å². The van der Waals surface area contributed by atoms with Gasteiger partial charge in [-0.25, -0.2) is 4.98 Å². The lowest BCUT2D eigenvalue weighted by molar-refractivity contribution is -0.137. The van der Waals surface area contributed by atoms with Crippen molar-refractivity contribution in [2.45, 2.75) is 70.2 Å². The van der Waals surface area contributed by atoms with Crippen molar-refractivity contribution in [2.24, 2.45) is 11.8 Å². The zero-order valence-corrected chi connectivity index (χ0v) is 18.7. The highest BCUT2D eigenvalue weighted by molar-refractivity contribution is 6.43. The summed E-state index contributed by atoms with van der Waals surface area (Å²) in [7, 11) is -1.72. The van der Waals surface area contributed by atoms with Crippen molar-refractivity contribution in [3.05, 3.63) is 23.9 Å². The van der Waals surface area contributed by atoms with E-state index in [2.05, 4.69) is 15.6 Å². The summed E-state index contributed by atoms with van der Waals surface area (Å²) < 4.78 is 38.3. The number of alkyl halides is 3. The predicted octanol–water partition coefficient (Wildman–Crippen LogP) is 1.51. The number of aromatic nitrogens is 1. The molecule has 1 saturated carbocycles. The van der Waals surface area contributed by atoms with Crippen LogP contribution in [-0.4, -0.2) is 58.5 Å². The van der Waals surface area contributed by atoms with Crippen LogP contribution in [0.15, 0.2) is 18.3 Å². The van der Waals surface area contributed by atoms with E-state index < -0.39 is 48.7 Å². The fraction of sp³-hybridized carbons (Fsp3) is 0.667. The Kier molecular flexibility index (Phi) is 7.89. The molecular formula is C21H30BF3N4O4. The maximum absolute atomic E-state index is 12.9. The van der Waals surface area contributed by atoms with Crippen LogP contribution < -0.4 is 15.5 Å². The second-order valence-corrected chi connectivity index (χ2v) is 9.30. The SMILES string of the molecule is CC(C)CC(NC(=O)C(CC1CC1)NC(=O)C1CCN1c1ccc(C(F)(F)F)cn1)B(O)O. The molecule has 2 heterocycles. The minimum Gasteiger partial charge on any atom is -0.426 e. The van der Waals surface area contributed by atoms with Crippen LogP contribution in [0.2, 0.25) is 0 Å². The van der Waals surface area contributed by atoms with E-state index in [4.69, 9.17) is 0 Å². The lowest BCUT2D eigenvalue weighted by Crippen LogP contribution is -2.61. The smallest absolute Gasteiger partial charge is 0.426 e. The van der Waals surface area contributed by atoms with Crippen molar-refractivity contribution >= 4 is 24.8 Å². The van der Waals surface area contributed by atoms with Crippen LogP contribution in [0.5, 0.6) is 0 Å². The van der Waals surface area contributed by atoms with Crippen molar-refractivity contribution in [1.82, 2.24) is 15.6 Å². The topological polar surface area (TPSA) is 115 Å². The molecule has 1 saturated heterocycles. The van der Waals surface area contributed by atoms with Gasteiger partial charge in [0.25, 0.3) is 0 Å². The minimum atomic E-state index is -4.49. The Labute approximate surface area is 191 Å². The lowest BCUT2D eigenvalue weighted by Gasteiger charge is -2.41. The van der Waals surface area contributed by atoms with Gasteiger partial charge in [-0.1, -0.05) is 26.7 Å². The third-order valence-electron chi connectivity index (χ3n) is 6.00. The van der Waals surface area contributed by atoms with Crippen LogP contribution in [0.3, 0.4) is 0 Å². The van der Waals surface area contributed by atoms with Gasteiger partial charge in [0.15, 0.2) is 0 Å². The van der Waals surface area contributed by atoms with Gasteiger partial charge in [0, 0.05) is 12.7 Å². The van der Waals surface area contributed by atoms with Crippen LogP contribution in [0.4, 0.5) is 19.0 Å². The molecule has 2 fully saturated rings. The van der Waals surface area contributed by atoms with Crippen LogP contribution >= 0.6 is 0 Å². The van der Waals surface area contributed by atoms with E-state index in [0.29, 0.717) is 31.7 Å². The summed E-state index contributed by atoms with van der Waals surface area (Å²) in [4.78, 5) is 31.2. The second-order valence-electron chi connectivity index (χ2n) is 9.30. The van der Waals surface area contributed by atoms with Crippen LogP contribution in [0.25, 0.3) is 0 Å². The highest BCUT2D eigenvalue weighted by atomic mass is 19.4. The highest BCUT2D eigenvalue weighted by Crippen LogP contribution is 2.34. The van der Waals surface area contributed by atoms with E-state index >= 15 is 0 Å². The molecule has 1 aromatic heterocycles. The third kappa shape index (κ3) is 6.83. The molecule has 0 radical (unpaired) electrons. The van der Waals surface area contributed by atoms with Gasteiger partial charge in [0.2, 0.25) is 11.8 Å². The fourth-order valence-electron chi connectivity index (χ4n) is 3.89. The van der Waals surface area contributed by atoms with Gasteiger partial charge in [0.05, 0.1) is 11.5 Å². The molecule has 2 aliphatic rings. The Morgan fingerprint density at radius 3 is 2.36 bits per heavy atom. The summed E-state index contributed by atoms with van der Waals surface area (Å²) in [5, 5.41) is 24.6. The zero-order chi connectivity index (χ0) is 24.3. The maximum Gasteiger partial charge on any atom is 0.475 e. The number of nitrogens with one attached hydrogen (secondary N) is 2. The van der Waals surface area contributed by atoms with Crippen molar-refractivity contribution in [1.29, 1.82) is 0 Å². The Balaban J connectivity index is 1.64. The molecule has 1 aromatic rings. The number of amides is 2. The van der Waals surface area contributed by atoms with Crippen molar-refractivity contribution < 1.29 is 32.8 Å². The van der Waals surface area contributed by atoms with E-state index in [1.165, 1.54) is 6.07 Å². The molecule has 0 bridgehead atoms. The Bertz CT molecular complexity index is 834. The van der Waals surface area contributed by atoms with E-state index in [1.54, 1.807) is 4.90 Å². The van der Waals surface area contributed by atoms with Gasteiger partial charge < -0.3 is 25.6 Å². The van der Waals surface area contributed by atoms with E-state index in [0.717, 1.165) is 25.1 Å². The van der Waals surface area contributed by atoms with E-state index in [9.17, 15) is 32.8 Å². The molecule has 0 spiro atoms. The predicted molar refractivity (Wildman–Crippen MR) is 116 cm³/mol. The van der Waals surface area contributed by atoms with E-state index in [1.807, 2.05) is 13.8 Å². The summed E-state index contributed by atoms with van der Waals surface area (Å²) in [6.45, 7) is 4.25. The average Bonchev–Trinajstić information content (AvgIpc) is 3.49. The number of hydrogen-bond donors (Lipinski definition) is 4. The second kappa shape index (κ2) is 10.3. The maximum atomic E-state index is 12.9. The van der Waals surface area contributed by atoms with Gasteiger partial charge >= 0.3 is 13.3 Å². The molecule has 12 heteroatoms. The average molecular weight is 470 g/mol. The van der Waals surface area contributed by atoms with Crippen molar-refractivity contribution in [3.8, 4) is 0 Å². The van der Waals surface area contributed by atoms with E-state index in [-0.39, 0.29) is 11.7 Å². The van der Waals surface area contributed by atoms with Gasteiger partial charge in [0.1, 0.15) is 17.9 Å². The van der Waals surface area contributed by atoms with Gasteiger partial charge in [-0.2, -0.15) is 13.2 Å². The highest BCUT2D eigenvalue weighted by Gasteiger charge is 2.39. The van der Waals surface area contributed by atoms with Crippen LogP contribution in [0.1, 0.15) is 51.5 Å². The summed E-state index contributed by atoms with van der Waals surface area (Å²) >= 11 is 0. The largest absolute Gasteiger partial charge is 0.475 e. The van der Waals surface area contributed by atoms with Gasteiger partial charge in [-0.15, -0.1) is 0 Å². The Morgan fingerprint density at radius 1 is 1.21 bits per heavy atom. The number of pyridine rings is 1. The van der Waals surface area contributed by atoms with Crippen LogP contribution in [0, 0.1) is 11.8 Å². The molecule has 1 aliphatic heterocycles. The molecule has 33 heavy (non-hydrogen) atoms. The molecule has 3 unspecified atom stereocenters. The van der Waals surface area contributed by atoms with Crippen molar-refractivity contribution in [2.75, 3.05) is 11.4 Å². The number of rotatable bonds is 10. The molecule has 1 aliphatic carbocycles. The monoisotopic (exact) mass is 470 g/mol. The summed E-state index contributed by atoms with van der Waals surface area (Å²) in [5.41, 5.74) is -0.865. The van der Waals surface area contributed by atoms with Gasteiger partial charge in [-0.3, -0.25) is 9.59 Å². The molecule has 8 nitrogen and oxygen atoms in total. The number of halogens is 3. The fourth-order valence-corrected chi connectivity index (χ4v) is 3.89. The molecule has 2 amide bonds. The molecule has 3 rings (SSSR count). The number of anilines is 1. The first-order chi connectivity index (χ1) is 15.5. The van der Waals surface area contributed by atoms with Crippen molar-refractivity contribution in [3.63, 3.8) is 0 Å². The standard InChI is InChI=1S/C21H30BF3N4O4/c1-12(2)9-17(22(32)33)28-19(30)15(10-13-3-4-13)27-20(31)16-7-8-29(16)18-6-5-14(11-26-18)21(23,24)25/h5-6,11-13,15-17,32-33H,3-4,7-10H2,1-2H3,(H,27,31)(H,28,30). The molecule has 0 aromatic carbocycles. The normalized spacial score (nSPS) is 20.1. The first-order valence-corrected chi connectivity index (χ1v) is 11.2. The Hall–Kier alpha value is -2.34. The molecule has 182 valence electrons. The summed E-state index contributed by atoms with van der Waals surface area (Å²) in [6, 6.07) is 0.684. The molecular weight excluding hydrogens is 440 g/mol. The summed E-state index contributed by atoms with van der Waals surface area (Å²) in [5.74, 6) is -1.04. The third-order valence-corrected chi connectivity index (χ3v) is 6.00. The number of carbonyl (C=O) groups is 2. The minimum absolute atomic E-state index is 0.119. The number of hydrogen-bond acceptors (Lipinski definition) is 6. The quantitative estimate of drug-likeness (QED) is 0.386. The Morgan fingerprint density at radius 2 is 1.91 bits per heavy atom. The molecule has 3 atom stereocenters. The first-order valence-electron chi connectivity index (χ1n) is 11.2. The molecule has 4 N–H and O–H groups in total. The number of nitrogens with zero attached hydrogens (tertiary/aromatic N) is 2. The van der Waals surface area contributed by atoms with Crippen LogP contribution in [-0.2, 0) is 15.8 Å². The summed E-state index contributed by atoms with van der Waals surface area (Å²) in [6.07, 6.45) is -0.539. The lowest BCUT2D eigenvalue weighted by atomic mass is 9.75. The first kappa shape index (κ1) is 25.3. The number of carbonyl (C=O) groups excluding carboxylic acids is 2.